The maximum absolute atomic E-state index is 11.3. The number of rotatable bonds is 3. The molecule has 0 aromatic carbocycles. The normalized spacial score (nSPS) is 16.6. The highest BCUT2D eigenvalue weighted by Crippen LogP contribution is 2.13. The van der Waals surface area contributed by atoms with E-state index in [2.05, 4.69) is 20.2 Å². The average molecular weight is 198 g/mol. The van der Waals surface area contributed by atoms with E-state index in [4.69, 9.17) is 0 Å². The van der Waals surface area contributed by atoms with Gasteiger partial charge in [-0.2, -0.15) is 0 Å². The number of nitrogens with zero attached hydrogens (tertiary/aromatic N) is 2. The summed E-state index contributed by atoms with van der Waals surface area (Å²) in [6.45, 7) is 1.91. The highest BCUT2D eigenvalue weighted by atomic mass is 32.1. The molecule has 5 nitrogen and oxygen atoms in total. The fourth-order valence-corrected chi connectivity index (χ4v) is 1.60. The van der Waals surface area contributed by atoms with Gasteiger partial charge in [0.25, 0.3) is 0 Å². The van der Waals surface area contributed by atoms with Crippen molar-refractivity contribution in [1.29, 1.82) is 0 Å². The quantitative estimate of drug-likeness (QED) is 0.722. The molecule has 1 amide bonds. The lowest BCUT2D eigenvalue weighted by atomic mass is 9.99. The molecular weight excluding hydrogens is 188 g/mol. The Labute approximate surface area is 79.7 Å². The SMILES string of the molecule is O=C(CC1CNC1)Nc1cnns1. The van der Waals surface area contributed by atoms with Crippen LogP contribution in [0.15, 0.2) is 6.20 Å². The lowest BCUT2D eigenvalue weighted by Crippen LogP contribution is -2.43. The number of amides is 1. The number of nitrogens with one attached hydrogen (secondary N) is 2. The zero-order chi connectivity index (χ0) is 9.10. The van der Waals surface area contributed by atoms with Gasteiger partial charge in [-0.3, -0.25) is 4.79 Å². The highest BCUT2D eigenvalue weighted by molar-refractivity contribution is 7.10. The fourth-order valence-electron chi connectivity index (χ4n) is 1.17. The molecule has 0 atom stereocenters. The van der Waals surface area contributed by atoms with Crippen molar-refractivity contribution in [2.24, 2.45) is 5.92 Å². The van der Waals surface area contributed by atoms with E-state index < -0.39 is 0 Å². The molecule has 1 aliphatic heterocycles. The molecule has 0 spiro atoms. The van der Waals surface area contributed by atoms with Gasteiger partial charge >= 0.3 is 0 Å². The van der Waals surface area contributed by atoms with Crippen molar-refractivity contribution >= 4 is 22.4 Å². The summed E-state index contributed by atoms with van der Waals surface area (Å²) >= 11 is 1.20. The van der Waals surface area contributed by atoms with Crippen molar-refractivity contribution in [3.63, 3.8) is 0 Å². The van der Waals surface area contributed by atoms with E-state index >= 15 is 0 Å². The minimum absolute atomic E-state index is 0.0533. The van der Waals surface area contributed by atoms with Gasteiger partial charge in [0.1, 0.15) is 5.00 Å². The molecule has 6 heteroatoms. The monoisotopic (exact) mass is 198 g/mol. The van der Waals surface area contributed by atoms with Crippen LogP contribution in [0.25, 0.3) is 0 Å². The minimum Gasteiger partial charge on any atom is -0.316 e. The molecule has 2 N–H and O–H groups in total. The third-order valence-electron chi connectivity index (χ3n) is 1.96. The number of carbonyl (C=O) groups excluding carboxylic acids is 1. The van der Waals surface area contributed by atoms with Crippen molar-refractivity contribution in [1.82, 2.24) is 14.9 Å². The molecule has 70 valence electrons. The first-order valence-corrected chi connectivity index (χ1v) is 4.90. The molecule has 0 aliphatic carbocycles. The third kappa shape index (κ3) is 2.22. The standard InChI is InChI=1S/C7H10N4OS/c12-6(1-5-2-8-3-5)10-7-4-9-11-13-7/h4-5,8H,1-3H2,(H,10,12). The van der Waals surface area contributed by atoms with Crippen LogP contribution in [0.4, 0.5) is 5.00 Å². The molecule has 1 aromatic heterocycles. The molecule has 0 saturated carbocycles. The first kappa shape index (κ1) is 8.58. The van der Waals surface area contributed by atoms with Gasteiger partial charge in [0, 0.05) is 18.0 Å². The van der Waals surface area contributed by atoms with Crippen LogP contribution in [-0.4, -0.2) is 28.6 Å². The third-order valence-corrected chi connectivity index (χ3v) is 2.54. The van der Waals surface area contributed by atoms with Gasteiger partial charge in [0.15, 0.2) is 0 Å². The first-order chi connectivity index (χ1) is 6.34. The molecule has 2 rings (SSSR count). The van der Waals surface area contributed by atoms with E-state index in [1.165, 1.54) is 11.5 Å². The summed E-state index contributed by atoms with van der Waals surface area (Å²) in [6, 6.07) is 0. The van der Waals surface area contributed by atoms with E-state index in [9.17, 15) is 4.79 Å². The Kier molecular flexibility index (Phi) is 2.51. The van der Waals surface area contributed by atoms with Crippen LogP contribution in [0.5, 0.6) is 0 Å². The van der Waals surface area contributed by atoms with Crippen molar-refractivity contribution in [2.45, 2.75) is 6.42 Å². The first-order valence-electron chi connectivity index (χ1n) is 4.12. The number of hydrogen-bond acceptors (Lipinski definition) is 5. The molecule has 0 bridgehead atoms. The Morgan fingerprint density at radius 2 is 2.62 bits per heavy atom. The van der Waals surface area contributed by atoms with Crippen molar-refractivity contribution in [3.05, 3.63) is 6.20 Å². The predicted octanol–water partition coefficient (Wildman–Crippen LogP) is 0.0861. The highest BCUT2D eigenvalue weighted by Gasteiger charge is 2.20. The molecule has 1 aliphatic rings. The van der Waals surface area contributed by atoms with E-state index in [-0.39, 0.29) is 5.91 Å². The number of aromatic nitrogens is 2. The molecule has 1 fully saturated rings. The van der Waals surface area contributed by atoms with E-state index in [1.54, 1.807) is 6.20 Å². The maximum Gasteiger partial charge on any atom is 0.225 e. The lowest BCUT2D eigenvalue weighted by Gasteiger charge is -2.26. The van der Waals surface area contributed by atoms with Crippen LogP contribution in [0.1, 0.15) is 6.42 Å². The molecule has 2 heterocycles. The number of carbonyl (C=O) groups is 1. The summed E-state index contributed by atoms with van der Waals surface area (Å²) in [5.74, 6) is 0.554. The second kappa shape index (κ2) is 3.80. The smallest absolute Gasteiger partial charge is 0.225 e. The second-order valence-corrected chi connectivity index (χ2v) is 3.84. The van der Waals surface area contributed by atoms with Crippen LogP contribution >= 0.6 is 11.5 Å². The van der Waals surface area contributed by atoms with Gasteiger partial charge in [-0.1, -0.05) is 4.49 Å². The van der Waals surface area contributed by atoms with E-state index in [0.29, 0.717) is 12.3 Å². The Bertz CT molecular complexity index is 283. The Hall–Kier alpha value is -1.01. The summed E-state index contributed by atoms with van der Waals surface area (Å²) in [5.41, 5.74) is 0. The molecule has 0 unspecified atom stereocenters. The van der Waals surface area contributed by atoms with Crippen LogP contribution in [0, 0.1) is 5.92 Å². The topological polar surface area (TPSA) is 66.9 Å². The van der Waals surface area contributed by atoms with Gasteiger partial charge < -0.3 is 10.6 Å². The summed E-state index contributed by atoms with van der Waals surface area (Å²) in [5, 5.41) is 10.2. The maximum atomic E-state index is 11.3. The fraction of sp³-hybridized carbons (Fsp3) is 0.571. The average Bonchev–Trinajstić information content (AvgIpc) is 2.49. The van der Waals surface area contributed by atoms with E-state index in [1.807, 2.05) is 0 Å². The van der Waals surface area contributed by atoms with Crippen LogP contribution in [0.3, 0.4) is 0 Å². The number of anilines is 1. The summed E-state index contributed by atoms with van der Waals surface area (Å²) in [6.07, 6.45) is 2.15. The predicted molar refractivity (Wildman–Crippen MR) is 49.5 cm³/mol. The van der Waals surface area contributed by atoms with E-state index in [0.717, 1.165) is 18.1 Å². The van der Waals surface area contributed by atoms with Crippen LogP contribution in [-0.2, 0) is 4.79 Å². The molecule has 0 radical (unpaired) electrons. The Balaban J connectivity index is 1.78. The lowest BCUT2D eigenvalue weighted by molar-refractivity contribution is -0.117. The summed E-state index contributed by atoms with van der Waals surface area (Å²) < 4.78 is 3.65. The molecular formula is C7H10N4OS. The van der Waals surface area contributed by atoms with Gasteiger partial charge in [0.2, 0.25) is 5.91 Å². The summed E-state index contributed by atoms with van der Waals surface area (Å²) in [4.78, 5) is 11.3. The van der Waals surface area contributed by atoms with Crippen LogP contribution in [0.2, 0.25) is 0 Å². The van der Waals surface area contributed by atoms with Crippen LogP contribution < -0.4 is 10.6 Å². The van der Waals surface area contributed by atoms with Gasteiger partial charge in [-0.25, -0.2) is 0 Å². The Morgan fingerprint density at radius 1 is 1.77 bits per heavy atom. The van der Waals surface area contributed by atoms with Gasteiger partial charge in [-0.15, -0.1) is 5.10 Å². The van der Waals surface area contributed by atoms with Crippen molar-refractivity contribution in [3.8, 4) is 0 Å². The zero-order valence-corrected chi connectivity index (χ0v) is 7.80. The summed E-state index contributed by atoms with van der Waals surface area (Å²) in [7, 11) is 0. The molecule has 1 aromatic rings. The van der Waals surface area contributed by atoms with Gasteiger partial charge in [0.05, 0.1) is 6.20 Å². The largest absolute Gasteiger partial charge is 0.316 e. The van der Waals surface area contributed by atoms with Crippen molar-refractivity contribution < 1.29 is 4.79 Å². The molecule has 13 heavy (non-hydrogen) atoms. The Morgan fingerprint density at radius 3 is 3.15 bits per heavy atom. The van der Waals surface area contributed by atoms with Gasteiger partial charge in [-0.05, 0) is 19.0 Å². The zero-order valence-electron chi connectivity index (χ0n) is 6.99. The number of hydrogen-bond donors (Lipinski definition) is 2. The van der Waals surface area contributed by atoms with Crippen molar-refractivity contribution in [2.75, 3.05) is 18.4 Å². The second-order valence-electron chi connectivity index (χ2n) is 3.06. The minimum atomic E-state index is 0.0533. The molecule has 1 saturated heterocycles.